The molecule has 0 aliphatic rings. The van der Waals surface area contributed by atoms with E-state index >= 15 is 0 Å². The Kier molecular flexibility index (Phi) is 6.08. The summed E-state index contributed by atoms with van der Waals surface area (Å²) in [5.41, 5.74) is 6.39. The van der Waals surface area contributed by atoms with Crippen LogP contribution in [0.1, 0.15) is 50.9 Å². The van der Waals surface area contributed by atoms with Crippen molar-refractivity contribution in [2.24, 2.45) is 0 Å². The second kappa shape index (κ2) is 7.33. The highest BCUT2D eigenvalue weighted by Gasteiger charge is 2.23. The third-order valence-corrected chi connectivity index (χ3v) is 3.54. The zero-order valence-electron chi connectivity index (χ0n) is 12.2. The van der Waals surface area contributed by atoms with E-state index in [1.165, 1.54) is 11.5 Å². The van der Waals surface area contributed by atoms with Crippen LogP contribution in [0.2, 0.25) is 0 Å². The largest absolute Gasteiger partial charge is 0.382 e. The molecule has 0 radical (unpaired) electrons. The highest BCUT2D eigenvalue weighted by Crippen LogP contribution is 2.31. The third kappa shape index (κ3) is 4.09. The van der Waals surface area contributed by atoms with Crippen molar-refractivity contribution in [3.05, 3.63) is 5.56 Å². The minimum atomic E-state index is -0.131. The fourth-order valence-corrected chi connectivity index (χ4v) is 2.77. The van der Waals surface area contributed by atoms with E-state index in [9.17, 15) is 4.79 Å². The van der Waals surface area contributed by atoms with Gasteiger partial charge in [0.25, 0.3) is 5.91 Å². The normalized spacial score (nSPS) is 10.8. The first-order chi connectivity index (χ1) is 9.01. The summed E-state index contributed by atoms with van der Waals surface area (Å²) in [4.78, 5) is 14.4. The standard InChI is InChI=1S/C13H24N4OS/c1-5-7-17(8-6-2)13-10(11(14)16-19-13)12(18)15-9(3)4/h9H,5-8H2,1-4H3,(H2,14,16)(H,15,18). The minimum absolute atomic E-state index is 0.0884. The van der Waals surface area contributed by atoms with Crippen LogP contribution in [0.15, 0.2) is 0 Å². The van der Waals surface area contributed by atoms with Crippen molar-refractivity contribution in [2.45, 2.75) is 46.6 Å². The lowest BCUT2D eigenvalue weighted by Crippen LogP contribution is -2.33. The molecule has 0 bridgehead atoms. The van der Waals surface area contributed by atoms with Crippen molar-refractivity contribution < 1.29 is 4.79 Å². The van der Waals surface area contributed by atoms with Crippen LogP contribution in [0.4, 0.5) is 10.8 Å². The van der Waals surface area contributed by atoms with Crippen LogP contribution >= 0.6 is 11.5 Å². The molecule has 0 unspecified atom stereocenters. The lowest BCUT2D eigenvalue weighted by atomic mass is 10.2. The summed E-state index contributed by atoms with van der Waals surface area (Å²) in [7, 11) is 0. The van der Waals surface area contributed by atoms with Gasteiger partial charge in [-0.1, -0.05) is 13.8 Å². The van der Waals surface area contributed by atoms with E-state index in [0.717, 1.165) is 30.9 Å². The molecule has 1 rings (SSSR count). The van der Waals surface area contributed by atoms with Crippen LogP contribution in [0.25, 0.3) is 0 Å². The van der Waals surface area contributed by atoms with E-state index in [4.69, 9.17) is 5.73 Å². The number of carbonyl (C=O) groups is 1. The molecule has 1 amide bonds. The number of nitrogens with two attached hydrogens (primary N) is 1. The molecule has 0 atom stereocenters. The summed E-state index contributed by atoms with van der Waals surface area (Å²) in [5, 5.41) is 3.77. The van der Waals surface area contributed by atoms with Crippen LogP contribution in [-0.2, 0) is 0 Å². The Morgan fingerprint density at radius 2 is 1.95 bits per heavy atom. The average molecular weight is 284 g/mol. The van der Waals surface area contributed by atoms with Crippen molar-refractivity contribution in [1.82, 2.24) is 9.69 Å². The molecule has 0 saturated heterocycles. The van der Waals surface area contributed by atoms with Gasteiger partial charge >= 0.3 is 0 Å². The lowest BCUT2D eigenvalue weighted by molar-refractivity contribution is 0.0944. The molecular formula is C13H24N4OS. The number of nitrogens with one attached hydrogen (secondary N) is 1. The molecular weight excluding hydrogens is 260 g/mol. The SMILES string of the molecule is CCCN(CCC)c1snc(N)c1C(=O)NC(C)C. The Morgan fingerprint density at radius 3 is 2.42 bits per heavy atom. The summed E-state index contributed by atoms with van der Waals surface area (Å²) >= 11 is 1.31. The molecule has 1 aromatic heterocycles. The summed E-state index contributed by atoms with van der Waals surface area (Å²) in [5.74, 6) is 0.198. The van der Waals surface area contributed by atoms with Crippen molar-refractivity contribution in [2.75, 3.05) is 23.7 Å². The maximum atomic E-state index is 12.2. The van der Waals surface area contributed by atoms with Crippen LogP contribution < -0.4 is 16.0 Å². The van der Waals surface area contributed by atoms with E-state index < -0.39 is 0 Å². The van der Waals surface area contributed by atoms with Crippen LogP contribution in [0, 0.1) is 0 Å². The van der Waals surface area contributed by atoms with Crippen molar-refractivity contribution >= 4 is 28.3 Å². The number of anilines is 2. The van der Waals surface area contributed by atoms with Crippen molar-refractivity contribution in [3.63, 3.8) is 0 Å². The van der Waals surface area contributed by atoms with Crippen LogP contribution in [0.3, 0.4) is 0 Å². The minimum Gasteiger partial charge on any atom is -0.382 e. The van der Waals surface area contributed by atoms with E-state index in [0.29, 0.717) is 11.4 Å². The maximum Gasteiger partial charge on any atom is 0.258 e. The number of nitrogen functional groups attached to an aromatic ring is 1. The van der Waals surface area contributed by atoms with Crippen LogP contribution in [-0.4, -0.2) is 29.4 Å². The van der Waals surface area contributed by atoms with Gasteiger partial charge in [0.05, 0.1) is 0 Å². The highest BCUT2D eigenvalue weighted by molar-refractivity contribution is 7.11. The molecule has 1 aromatic rings. The van der Waals surface area contributed by atoms with Gasteiger partial charge in [0.2, 0.25) is 0 Å². The molecule has 1 heterocycles. The Hall–Kier alpha value is -1.30. The van der Waals surface area contributed by atoms with Crippen LogP contribution in [0.5, 0.6) is 0 Å². The van der Waals surface area contributed by atoms with Gasteiger partial charge in [-0.25, -0.2) is 0 Å². The molecule has 6 heteroatoms. The lowest BCUT2D eigenvalue weighted by Gasteiger charge is -2.22. The zero-order valence-corrected chi connectivity index (χ0v) is 13.0. The summed E-state index contributed by atoms with van der Waals surface area (Å²) < 4.78 is 4.15. The van der Waals surface area contributed by atoms with Gasteiger partial charge in [-0.2, -0.15) is 4.37 Å². The van der Waals surface area contributed by atoms with Gasteiger partial charge in [0, 0.05) is 19.1 Å². The topological polar surface area (TPSA) is 71.2 Å². The van der Waals surface area contributed by atoms with Gasteiger partial charge in [0.1, 0.15) is 10.6 Å². The maximum absolute atomic E-state index is 12.2. The molecule has 0 spiro atoms. The highest BCUT2D eigenvalue weighted by atomic mass is 32.1. The first kappa shape index (κ1) is 15.8. The van der Waals surface area contributed by atoms with E-state index in [1.54, 1.807) is 0 Å². The van der Waals surface area contributed by atoms with Crippen molar-refractivity contribution in [1.29, 1.82) is 0 Å². The van der Waals surface area contributed by atoms with E-state index in [1.807, 2.05) is 13.8 Å². The number of carbonyl (C=O) groups excluding carboxylic acids is 1. The molecule has 19 heavy (non-hydrogen) atoms. The van der Waals surface area contributed by atoms with Gasteiger partial charge in [0.15, 0.2) is 5.82 Å². The molecule has 0 aromatic carbocycles. The van der Waals surface area contributed by atoms with Gasteiger partial charge in [-0.3, -0.25) is 4.79 Å². The summed E-state index contributed by atoms with van der Waals surface area (Å²) in [6.07, 6.45) is 2.06. The predicted molar refractivity (Wildman–Crippen MR) is 81.9 cm³/mol. The Labute approximate surface area is 119 Å². The summed E-state index contributed by atoms with van der Waals surface area (Å²) in [6.45, 7) is 9.95. The number of aromatic nitrogens is 1. The molecule has 5 nitrogen and oxygen atoms in total. The van der Waals surface area contributed by atoms with Gasteiger partial charge in [-0.05, 0) is 38.2 Å². The Bertz CT molecular complexity index is 411. The van der Waals surface area contributed by atoms with Gasteiger partial charge < -0.3 is 16.0 Å². The summed E-state index contributed by atoms with van der Waals surface area (Å²) in [6, 6.07) is 0.0884. The second-order valence-corrected chi connectivity index (χ2v) is 5.62. The number of amides is 1. The van der Waals surface area contributed by atoms with E-state index in [-0.39, 0.29) is 11.9 Å². The Morgan fingerprint density at radius 1 is 1.37 bits per heavy atom. The number of hydrogen-bond donors (Lipinski definition) is 2. The molecule has 3 N–H and O–H groups in total. The molecule has 108 valence electrons. The zero-order chi connectivity index (χ0) is 14.4. The molecule has 0 fully saturated rings. The fraction of sp³-hybridized carbons (Fsp3) is 0.692. The second-order valence-electron chi connectivity index (χ2n) is 4.86. The first-order valence-electron chi connectivity index (χ1n) is 6.82. The fourth-order valence-electron chi connectivity index (χ4n) is 1.91. The number of rotatable bonds is 7. The third-order valence-electron chi connectivity index (χ3n) is 2.62. The number of hydrogen-bond acceptors (Lipinski definition) is 5. The quantitative estimate of drug-likeness (QED) is 0.807. The van der Waals surface area contributed by atoms with Crippen molar-refractivity contribution in [3.8, 4) is 0 Å². The monoisotopic (exact) mass is 284 g/mol. The smallest absolute Gasteiger partial charge is 0.258 e. The molecule has 0 aliphatic carbocycles. The average Bonchev–Trinajstić information content (AvgIpc) is 2.70. The molecule has 0 saturated carbocycles. The van der Waals surface area contributed by atoms with Gasteiger partial charge in [-0.15, -0.1) is 0 Å². The van der Waals surface area contributed by atoms with E-state index in [2.05, 4.69) is 28.4 Å². The molecule has 0 aliphatic heterocycles. The Balaban J connectivity index is 3.03. The number of nitrogens with zero attached hydrogens (tertiary/aromatic N) is 2. The first-order valence-corrected chi connectivity index (χ1v) is 7.59. The predicted octanol–water partition coefficient (Wildman–Crippen LogP) is 2.49.